The van der Waals surface area contributed by atoms with Crippen LogP contribution in [-0.4, -0.2) is 123 Å². The summed E-state index contributed by atoms with van der Waals surface area (Å²) in [5, 5.41) is 26.6. The number of hydrogen-bond donors (Lipinski definition) is 9. The number of amides is 2. The number of aromatic nitrogens is 4. The number of nitrogens with zero attached hydrogens (tertiary/aromatic N) is 4. The molecule has 1 aliphatic rings. The predicted octanol–water partition coefficient (Wildman–Crippen LogP) is 3.14. The van der Waals surface area contributed by atoms with Crippen molar-refractivity contribution in [3.63, 3.8) is 0 Å². The number of thioether (sulfide) groups is 1. The number of phosphoric ester groups is 3. The normalized spacial score (nSPS) is 20.7. The zero-order valence-corrected chi connectivity index (χ0v) is 38.8. The van der Waals surface area contributed by atoms with E-state index < -0.39 is 84.6 Å². The van der Waals surface area contributed by atoms with Gasteiger partial charge in [0, 0.05) is 37.1 Å². The first-order valence-corrected chi connectivity index (χ1v) is 25.8. The number of phosphoric acid groups is 3. The number of ether oxygens (including phenoxy) is 1. The van der Waals surface area contributed by atoms with Crippen LogP contribution in [0.3, 0.4) is 0 Å². The van der Waals surface area contributed by atoms with Gasteiger partial charge in [-0.05, 0) is 25.7 Å². The number of unbranched alkanes of at least 4 members (excludes halogenated alkanes) is 7. The van der Waals surface area contributed by atoms with E-state index in [0.29, 0.717) is 12.2 Å². The van der Waals surface area contributed by atoms with E-state index in [1.54, 1.807) is 0 Å². The summed E-state index contributed by atoms with van der Waals surface area (Å²) in [5.41, 5.74) is 4.28. The van der Waals surface area contributed by atoms with Crippen LogP contribution in [0.4, 0.5) is 5.82 Å². The van der Waals surface area contributed by atoms with Gasteiger partial charge in [0.15, 0.2) is 22.8 Å². The summed E-state index contributed by atoms with van der Waals surface area (Å²) < 4.78 is 62.3. The molecule has 0 radical (unpaired) electrons. The number of aliphatic hydroxyl groups excluding tert-OH is 2. The molecule has 63 heavy (non-hydrogen) atoms. The molecule has 3 heterocycles. The fraction of sp³-hybridized carbons (Fsp3) is 0.714. The Morgan fingerprint density at radius 3 is 2.32 bits per heavy atom. The van der Waals surface area contributed by atoms with E-state index in [4.69, 9.17) is 19.5 Å². The average molecular weight is 976 g/mol. The van der Waals surface area contributed by atoms with E-state index in [-0.39, 0.29) is 41.6 Å². The lowest BCUT2D eigenvalue weighted by Crippen LogP contribution is -2.46. The Bertz CT molecular complexity index is 1970. The number of nitrogens with two attached hydrogens (primary N) is 1. The Morgan fingerprint density at radius 1 is 0.952 bits per heavy atom. The smallest absolute Gasteiger partial charge is 0.386 e. The highest BCUT2D eigenvalue weighted by atomic mass is 32.2. The topological polar surface area (TPSA) is 364 Å². The molecule has 2 amide bonds. The highest BCUT2D eigenvalue weighted by Gasteiger charge is 2.50. The molecule has 2 aromatic rings. The van der Waals surface area contributed by atoms with Crippen LogP contribution in [-0.2, 0) is 50.7 Å². The monoisotopic (exact) mass is 975 g/mol. The van der Waals surface area contributed by atoms with Gasteiger partial charge in [-0.1, -0.05) is 76.8 Å². The van der Waals surface area contributed by atoms with Crippen molar-refractivity contribution in [2.45, 2.75) is 122 Å². The molecular formula is C35H60N7O17P3S. The van der Waals surface area contributed by atoms with Gasteiger partial charge in [-0.2, -0.15) is 4.31 Å². The Balaban J connectivity index is 1.36. The van der Waals surface area contributed by atoms with Crippen LogP contribution in [0, 0.1) is 5.41 Å². The number of carbonyl (C=O) groups excluding carboxylic acids is 3. The van der Waals surface area contributed by atoms with Gasteiger partial charge in [-0.3, -0.25) is 32.5 Å². The second-order valence-corrected chi connectivity index (χ2v) is 20.6. The number of nitrogen functional groups attached to an aromatic ring is 1. The third kappa shape index (κ3) is 19.4. The van der Waals surface area contributed by atoms with Gasteiger partial charge < -0.3 is 50.9 Å². The molecule has 0 aromatic carbocycles. The summed E-state index contributed by atoms with van der Waals surface area (Å²) in [7, 11) is -16.4. The first kappa shape index (κ1) is 54.6. The predicted molar refractivity (Wildman–Crippen MR) is 228 cm³/mol. The standard InChI is InChI=1S/C35H60N7O17P3S/c1-4-5-6-7-8-9-10-11-12-13-14-15-26(44)63-19-18-37-25(43)16-17-38-33(47)30(46)35(2,3)21-56-62(53,54)59-61(51,52)55-20-24-29(58-60(48,49)50)28(45)34(57-24)42-23-41-27-31(36)39-22-40-32(27)42/h7-8,22-24,28-30,34,45-46H,4-6,9-21H2,1-3H3,(H,37,43)(H,38,47)(H,51,52)(H,53,54)(H2,36,39,40)(H2,48,49,50)/b8-7+/t24-,28-,29-,30+,34-/m1/s1. The van der Waals surface area contributed by atoms with E-state index in [1.165, 1.54) is 26.7 Å². The molecule has 10 N–H and O–H groups in total. The van der Waals surface area contributed by atoms with E-state index in [2.05, 4.69) is 53.5 Å². The molecule has 358 valence electrons. The highest BCUT2D eigenvalue weighted by molar-refractivity contribution is 8.13. The van der Waals surface area contributed by atoms with E-state index >= 15 is 0 Å². The summed E-state index contributed by atoms with van der Waals surface area (Å²) in [6.45, 7) is 2.74. The molecule has 1 fully saturated rings. The molecule has 1 aliphatic heterocycles. The number of imidazole rings is 1. The average Bonchev–Trinajstić information content (AvgIpc) is 3.76. The summed E-state index contributed by atoms with van der Waals surface area (Å²) in [6.07, 6.45) is 7.90. The van der Waals surface area contributed by atoms with E-state index in [0.717, 1.165) is 73.9 Å². The second-order valence-electron chi connectivity index (χ2n) is 15.2. The quantitative estimate of drug-likeness (QED) is 0.0308. The molecule has 7 atom stereocenters. The number of rotatable bonds is 30. The summed E-state index contributed by atoms with van der Waals surface area (Å²) in [6, 6.07) is 0. The third-order valence-corrected chi connectivity index (χ3v) is 13.4. The summed E-state index contributed by atoms with van der Waals surface area (Å²) in [5.74, 6) is -1.04. The van der Waals surface area contributed by atoms with Gasteiger partial charge in [0.1, 0.15) is 36.3 Å². The molecule has 24 nitrogen and oxygen atoms in total. The van der Waals surface area contributed by atoms with Gasteiger partial charge >= 0.3 is 23.5 Å². The van der Waals surface area contributed by atoms with Gasteiger partial charge in [-0.15, -0.1) is 0 Å². The summed E-state index contributed by atoms with van der Waals surface area (Å²) >= 11 is 1.14. The Hall–Kier alpha value is -2.70. The van der Waals surface area contributed by atoms with Gasteiger partial charge in [0.05, 0.1) is 19.5 Å². The minimum Gasteiger partial charge on any atom is -0.386 e. The van der Waals surface area contributed by atoms with Crippen LogP contribution in [0.2, 0.25) is 0 Å². The minimum absolute atomic E-state index is 0.0326. The Kier molecular flexibility index (Phi) is 22.4. The fourth-order valence-corrected chi connectivity index (χ4v) is 9.54. The van der Waals surface area contributed by atoms with Crippen molar-refractivity contribution in [2.75, 3.05) is 37.8 Å². The van der Waals surface area contributed by atoms with E-state index in [1.807, 2.05) is 0 Å². The van der Waals surface area contributed by atoms with Crippen LogP contribution in [0.1, 0.15) is 97.6 Å². The number of allylic oxidation sites excluding steroid dienone is 2. The number of fused-ring (bicyclic) bond motifs is 1. The zero-order chi connectivity index (χ0) is 46.8. The van der Waals surface area contributed by atoms with Crippen molar-refractivity contribution in [3.8, 4) is 0 Å². The van der Waals surface area contributed by atoms with Crippen molar-refractivity contribution in [1.29, 1.82) is 0 Å². The van der Waals surface area contributed by atoms with Crippen molar-refractivity contribution in [2.24, 2.45) is 5.41 Å². The summed E-state index contributed by atoms with van der Waals surface area (Å²) in [4.78, 5) is 88.1. The molecule has 2 aromatic heterocycles. The first-order valence-electron chi connectivity index (χ1n) is 20.3. The lowest BCUT2D eigenvalue weighted by Gasteiger charge is -2.30. The molecule has 0 bridgehead atoms. The van der Waals surface area contributed by atoms with Gasteiger partial charge in [0.2, 0.25) is 11.8 Å². The van der Waals surface area contributed by atoms with Crippen LogP contribution in [0.15, 0.2) is 24.8 Å². The van der Waals surface area contributed by atoms with Gasteiger partial charge in [-0.25, -0.2) is 28.6 Å². The third-order valence-electron chi connectivity index (χ3n) is 9.41. The molecule has 3 rings (SSSR count). The fourth-order valence-electron chi connectivity index (χ4n) is 5.99. The largest absolute Gasteiger partial charge is 0.481 e. The molecule has 2 unspecified atom stereocenters. The van der Waals surface area contributed by atoms with Crippen molar-refractivity contribution in [1.82, 2.24) is 30.2 Å². The second kappa shape index (κ2) is 25.9. The minimum atomic E-state index is -5.57. The van der Waals surface area contributed by atoms with Crippen LogP contribution in [0.25, 0.3) is 11.2 Å². The van der Waals surface area contributed by atoms with Gasteiger partial charge in [0.25, 0.3) is 0 Å². The molecule has 0 spiro atoms. The van der Waals surface area contributed by atoms with Crippen molar-refractivity contribution < 1.29 is 80.5 Å². The van der Waals surface area contributed by atoms with Crippen LogP contribution in [0.5, 0.6) is 0 Å². The molecule has 1 saturated heterocycles. The zero-order valence-electron chi connectivity index (χ0n) is 35.3. The number of nitrogens with one attached hydrogen (secondary N) is 2. The van der Waals surface area contributed by atoms with Crippen LogP contribution < -0.4 is 16.4 Å². The SMILES string of the molecule is CCCC/C=C/CCCCCCCC(=O)SCCNC(=O)CCNC(=O)[C@H](O)C(C)(C)COP(=O)(O)OP(=O)(O)OC[C@H]1O[C@@H](n2cnc3c(N)ncnc32)[C@H](O)[C@@H]1OP(=O)(O)O. The number of aliphatic hydroxyl groups is 2. The number of carbonyl (C=O) groups is 3. The maximum atomic E-state index is 12.7. The number of hydrogen-bond acceptors (Lipinski definition) is 18. The van der Waals surface area contributed by atoms with Crippen molar-refractivity contribution in [3.05, 3.63) is 24.8 Å². The number of anilines is 1. The molecular weight excluding hydrogens is 915 g/mol. The Morgan fingerprint density at radius 2 is 1.62 bits per heavy atom. The maximum absolute atomic E-state index is 12.7. The molecule has 0 aliphatic carbocycles. The highest BCUT2D eigenvalue weighted by Crippen LogP contribution is 2.61. The lowest BCUT2D eigenvalue weighted by molar-refractivity contribution is -0.137. The lowest BCUT2D eigenvalue weighted by atomic mass is 9.87. The maximum Gasteiger partial charge on any atom is 0.481 e. The van der Waals surface area contributed by atoms with Crippen LogP contribution >= 0.6 is 35.2 Å². The van der Waals surface area contributed by atoms with E-state index in [9.17, 15) is 57.9 Å². The molecule has 28 heteroatoms. The first-order chi connectivity index (χ1) is 29.6. The van der Waals surface area contributed by atoms with Crippen molar-refractivity contribution >= 4 is 69.1 Å². The molecule has 0 saturated carbocycles. The Labute approximate surface area is 368 Å².